The second-order valence-electron chi connectivity index (χ2n) is 4.55. The fraction of sp³-hybridized carbons (Fsp3) is 0.333. The van der Waals surface area contributed by atoms with Crippen molar-refractivity contribution in [2.75, 3.05) is 11.9 Å². The van der Waals surface area contributed by atoms with Crippen molar-refractivity contribution in [3.05, 3.63) is 52.1 Å². The minimum absolute atomic E-state index is 0.197. The molecule has 0 aliphatic heterocycles. The number of aryl methyl sites for hydroxylation is 1. The molecule has 0 aliphatic carbocycles. The van der Waals surface area contributed by atoms with E-state index in [0.717, 1.165) is 41.1 Å². The van der Waals surface area contributed by atoms with Gasteiger partial charge in [0.1, 0.15) is 22.1 Å². The third-order valence-corrected chi connectivity index (χ3v) is 3.23. The predicted octanol–water partition coefficient (Wildman–Crippen LogP) is 3.99. The number of hydrogen-bond acceptors (Lipinski definition) is 3. The number of anilines is 1. The van der Waals surface area contributed by atoms with Gasteiger partial charge in [0.05, 0.1) is 0 Å². The first-order chi connectivity index (χ1) is 9.67. The summed E-state index contributed by atoms with van der Waals surface area (Å²) in [4.78, 5) is 8.76. The Hall–Kier alpha value is -1.49. The van der Waals surface area contributed by atoms with E-state index >= 15 is 0 Å². The highest BCUT2D eigenvalue weighted by molar-refractivity contribution is 9.10. The van der Waals surface area contributed by atoms with Gasteiger partial charge in [0, 0.05) is 19.0 Å². The van der Waals surface area contributed by atoms with Crippen LogP contribution >= 0.6 is 15.9 Å². The quantitative estimate of drug-likeness (QED) is 0.810. The SMILES string of the molecule is CCCc1nc(Br)cc(NCCc2cccc(F)c2)n1. The smallest absolute Gasteiger partial charge is 0.132 e. The molecule has 5 heteroatoms. The van der Waals surface area contributed by atoms with Crippen LogP contribution in [0.4, 0.5) is 10.2 Å². The Labute approximate surface area is 126 Å². The Morgan fingerprint density at radius 3 is 2.80 bits per heavy atom. The lowest BCUT2D eigenvalue weighted by Gasteiger charge is -2.08. The summed E-state index contributed by atoms with van der Waals surface area (Å²) in [6.07, 6.45) is 2.62. The van der Waals surface area contributed by atoms with Crippen molar-refractivity contribution in [1.82, 2.24) is 9.97 Å². The molecule has 106 valence electrons. The Bertz CT molecular complexity index is 575. The number of nitrogens with one attached hydrogen (secondary N) is 1. The van der Waals surface area contributed by atoms with E-state index in [0.29, 0.717) is 6.54 Å². The molecule has 1 N–H and O–H groups in total. The number of halogens is 2. The van der Waals surface area contributed by atoms with Gasteiger partial charge in [-0.2, -0.15) is 0 Å². The van der Waals surface area contributed by atoms with Crippen molar-refractivity contribution in [3.8, 4) is 0 Å². The van der Waals surface area contributed by atoms with Crippen LogP contribution in [0.5, 0.6) is 0 Å². The van der Waals surface area contributed by atoms with E-state index < -0.39 is 0 Å². The zero-order chi connectivity index (χ0) is 14.4. The van der Waals surface area contributed by atoms with Crippen LogP contribution < -0.4 is 5.32 Å². The highest BCUT2D eigenvalue weighted by atomic mass is 79.9. The molecule has 0 amide bonds. The third-order valence-electron chi connectivity index (χ3n) is 2.82. The average Bonchev–Trinajstić information content (AvgIpc) is 2.38. The topological polar surface area (TPSA) is 37.8 Å². The lowest BCUT2D eigenvalue weighted by molar-refractivity contribution is 0.625. The summed E-state index contributed by atoms with van der Waals surface area (Å²) in [5.41, 5.74) is 0.972. The van der Waals surface area contributed by atoms with Gasteiger partial charge in [-0.3, -0.25) is 0 Å². The molecule has 0 unspecified atom stereocenters. The first-order valence-corrected chi connectivity index (χ1v) is 7.48. The highest BCUT2D eigenvalue weighted by Crippen LogP contribution is 2.13. The van der Waals surface area contributed by atoms with Crippen molar-refractivity contribution in [1.29, 1.82) is 0 Å². The fourth-order valence-electron chi connectivity index (χ4n) is 1.92. The summed E-state index contributed by atoms with van der Waals surface area (Å²) in [5.74, 6) is 1.43. The molecule has 20 heavy (non-hydrogen) atoms. The van der Waals surface area contributed by atoms with E-state index in [2.05, 4.69) is 38.1 Å². The minimum Gasteiger partial charge on any atom is -0.370 e. The molecule has 0 atom stereocenters. The molecular weight excluding hydrogens is 321 g/mol. The summed E-state index contributed by atoms with van der Waals surface area (Å²) in [7, 11) is 0. The van der Waals surface area contributed by atoms with Gasteiger partial charge in [-0.25, -0.2) is 14.4 Å². The fourth-order valence-corrected chi connectivity index (χ4v) is 2.34. The molecule has 1 aromatic carbocycles. The van der Waals surface area contributed by atoms with Crippen LogP contribution in [0.15, 0.2) is 34.9 Å². The van der Waals surface area contributed by atoms with Gasteiger partial charge in [0.15, 0.2) is 0 Å². The molecular formula is C15H17BrFN3. The van der Waals surface area contributed by atoms with Gasteiger partial charge in [-0.1, -0.05) is 19.1 Å². The van der Waals surface area contributed by atoms with Crippen LogP contribution in [0.25, 0.3) is 0 Å². The summed E-state index contributed by atoms with van der Waals surface area (Å²) in [5, 5.41) is 3.25. The standard InChI is InChI=1S/C15H17BrFN3/c1-2-4-14-19-13(16)10-15(20-14)18-8-7-11-5-3-6-12(17)9-11/h3,5-6,9-10H,2,4,7-8H2,1H3,(H,18,19,20). The van der Waals surface area contributed by atoms with Gasteiger partial charge in [-0.05, 0) is 46.5 Å². The monoisotopic (exact) mass is 337 g/mol. The Kier molecular flexibility index (Phi) is 5.47. The minimum atomic E-state index is -0.197. The first-order valence-electron chi connectivity index (χ1n) is 6.69. The molecule has 0 radical (unpaired) electrons. The second-order valence-corrected chi connectivity index (χ2v) is 5.36. The van der Waals surface area contributed by atoms with E-state index in [-0.39, 0.29) is 5.82 Å². The molecule has 3 nitrogen and oxygen atoms in total. The number of aromatic nitrogens is 2. The average molecular weight is 338 g/mol. The van der Waals surface area contributed by atoms with Crippen LogP contribution in [0.1, 0.15) is 24.7 Å². The molecule has 0 aliphatic rings. The van der Waals surface area contributed by atoms with Crippen LogP contribution in [0, 0.1) is 5.82 Å². The number of nitrogens with zero attached hydrogens (tertiary/aromatic N) is 2. The molecule has 0 saturated carbocycles. The Balaban J connectivity index is 1.93. The molecule has 2 aromatic rings. The number of benzene rings is 1. The maximum atomic E-state index is 13.1. The maximum Gasteiger partial charge on any atom is 0.132 e. The normalized spacial score (nSPS) is 10.6. The highest BCUT2D eigenvalue weighted by Gasteiger charge is 2.02. The van der Waals surface area contributed by atoms with Crippen molar-refractivity contribution in [3.63, 3.8) is 0 Å². The van der Waals surface area contributed by atoms with Crippen molar-refractivity contribution in [2.45, 2.75) is 26.2 Å². The van der Waals surface area contributed by atoms with Crippen molar-refractivity contribution >= 4 is 21.7 Å². The van der Waals surface area contributed by atoms with E-state index in [1.54, 1.807) is 12.1 Å². The van der Waals surface area contributed by atoms with Crippen molar-refractivity contribution in [2.24, 2.45) is 0 Å². The van der Waals surface area contributed by atoms with Crippen LogP contribution in [0.3, 0.4) is 0 Å². The summed E-state index contributed by atoms with van der Waals surface area (Å²) in [6.45, 7) is 2.81. The lowest BCUT2D eigenvalue weighted by atomic mass is 10.1. The zero-order valence-corrected chi connectivity index (χ0v) is 13.0. The van der Waals surface area contributed by atoms with E-state index in [9.17, 15) is 4.39 Å². The lowest BCUT2D eigenvalue weighted by Crippen LogP contribution is -2.08. The predicted molar refractivity (Wildman–Crippen MR) is 82.3 cm³/mol. The number of rotatable bonds is 6. The van der Waals surface area contributed by atoms with Gasteiger partial charge in [-0.15, -0.1) is 0 Å². The number of hydrogen-bond donors (Lipinski definition) is 1. The molecule has 2 rings (SSSR count). The van der Waals surface area contributed by atoms with Gasteiger partial charge >= 0.3 is 0 Å². The molecule has 0 spiro atoms. The second kappa shape index (κ2) is 7.33. The van der Waals surface area contributed by atoms with Gasteiger partial charge in [0.25, 0.3) is 0 Å². The summed E-state index contributed by atoms with van der Waals surface area (Å²) in [6, 6.07) is 8.51. The first kappa shape index (κ1) is 14.9. The van der Waals surface area contributed by atoms with Crippen LogP contribution in [0.2, 0.25) is 0 Å². The van der Waals surface area contributed by atoms with E-state index in [1.165, 1.54) is 6.07 Å². The maximum absolute atomic E-state index is 13.1. The molecule has 0 fully saturated rings. The van der Waals surface area contributed by atoms with E-state index in [1.807, 2.05) is 12.1 Å². The molecule has 0 bridgehead atoms. The van der Waals surface area contributed by atoms with Gasteiger partial charge in [0.2, 0.25) is 0 Å². The summed E-state index contributed by atoms with van der Waals surface area (Å²) >= 11 is 3.39. The molecule has 1 aromatic heterocycles. The zero-order valence-electron chi connectivity index (χ0n) is 11.4. The largest absolute Gasteiger partial charge is 0.370 e. The van der Waals surface area contributed by atoms with E-state index in [4.69, 9.17) is 0 Å². The Morgan fingerprint density at radius 1 is 1.20 bits per heavy atom. The van der Waals surface area contributed by atoms with Crippen LogP contribution in [-0.4, -0.2) is 16.5 Å². The van der Waals surface area contributed by atoms with Gasteiger partial charge < -0.3 is 5.32 Å². The molecule has 1 heterocycles. The summed E-state index contributed by atoms with van der Waals surface area (Å²) < 4.78 is 13.8. The third kappa shape index (κ3) is 4.56. The Morgan fingerprint density at radius 2 is 2.05 bits per heavy atom. The molecule has 0 saturated heterocycles. The van der Waals surface area contributed by atoms with Crippen LogP contribution in [-0.2, 0) is 12.8 Å². The van der Waals surface area contributed by atoms with Crippen molar-refractivity contribution < 1.29 is 4.39 Å².